The Morgan fingerprint density at radius 3 is 2.93 bits per heavy atom. The average molecular weight is 365 g/mol. The highest BCUT2D eigenvalue weighted by atomic mass is 16.5. The molecule has 8 nitrogen and oxygen atoms in total. The maximum atomic E-state index is 13.1. The predicted octanol–water partition coefficient (Wildman–Crippen LogP) is 2.41. The molecular formula is C19H19N5O3. The van der Waals surface area contributed by atoms with Crippen molar-refractivity contribution in [1.82, 2.24) is 25.0 Å². The smallest absolute Gasteiger partial charge is 0.261 e. The van der Waals surface area contributed by atoms with E-state index in [4.69, 9.17) is 4.52 Å². The van der Waals surface area contributed by atoms with Gasteiger partial charge in [0, 0.05) is 18.4 Å². The van der Waals surface area contributed by atoms with Crippen molar-refractivity contribution >= 4 is 5.91 Å². The normalized spacial score (nSPS) is 16.7. The molecule has 1 atom stereocenters. The second-order valence-corrected chi connectivity index (χ2v) is 6.67. The number of carbonyl (C=O) groups is 1. The van der Waals surface area contributed by atoms with Gasteiger partial charge in [0.2, 0.25) is 11.7 Å². The van der Waals surface area contributed by atoms with Crippen molar-refractivity contribution < 1.29 is 9.32 Å². The van der Waals surface area contributed by atoms with Gasteiger partial charge in [-0.3, -0.25) is 14.6 Å². The Hall–Kier alpha value is -3.29. The van der Waals surface area contributed by atoms with Gasteiger partial charge in [-0.2, -0.15) is 4.98 Å². The number of aromatic nitrogens is 4. The summed E-state index contributed by atoms with van der Waals surface area (Å²) in [7, 11) is 0. The van der Waals surface area contributed by atoms with Crippen LogP contribution < -0.4 is 5.56 Å². The summed E-state index contributed by atoms with van der Waals surface area (Å²) in [6, 6.07) is 6.90. The molecule has 1 unspecified atom stereocenters. The minimum absolute atomic E-state index is 0.164. The van der Waals surface area contributed by atoms with Gasteiger partial charge < -0.3 is 14.4 Å². The molecule has 3 aromatic heterocycles. The van der Waals surface area contributed by atoms with Crippen molar-refractivity contribution in [2.45, 2.75) is 32.7 Å². The number of carbonyl (C=O) groups excluding carboxylic acids is 1. The Kier molecular flexibility index (Phi) is 4.31. The number of nitrogens with zero attached hydrogens (tertiary/aromatic N) is 4. The van der Waals surface area contributed by atoms with E-state index in [1.165, 1.54) is 0 Å². The van der Waals surface area contributed by atoms with Gasteiger partial charge in [-0.15, -0.1) is 0 Å². The molecule has 27 heavy (non-hydrogen) atoms. The minimum atomic E-state index is -0.372. The van der Waals surface area contributed by atoms with Crippen LogP contribution in [0.15, 0.2) is 39.8 Å². The molecule has 138 valence electrons. The van der Waals surface area contributed by atoms with E-state index in [0.29, 0.717) is 35.9 Å². The van der Waals surface area contributed by atoms with Crippen molar-refractivity contribution in [3.8, 4) is 11.5 Å². The highest BCUT2D eigenvalue weighted by molar-refractivity contribution is 5.95. The van der Waals surface area contributed by atoms with Gasteiger partial charge in [0.05, 0.1) is 0 Å². The molecule has 0 spiro atoms. The van der Waals surface area contributed by atoms with Crippen molar-refractivity contribution in [2.24, 2.45) is 0 Å². The standard InChI is InChI=1S/C19H19N5O3/c1-11-10-12(2)21-17(25)15(11)19(26)24-9-5-7-14(24)18-22-16(23-27-18)13-6-3-4-8-20-13/h3-4,6,8,10,14H,5,7,9H2,1-2H3,(H,21,25). The third-order valence-electron chi connectivity index (χ3n) is 4.71. The number of nitrogens with one attached hydrogen (secondary N) is 1. The summed E-state index contributed by atoms with van der Waals surface area (Å²) in [6.07, 6.45) is 3.17. The lowest BCUT2D eigenvalue weighted by molar-refractivity contribution is 0.0707. The number of likely N-dealkylation sites (tertiary alicyclic amines) is 1. The largest absolute Gasteiger partial charge is 0.337 e. The van der Waals surface area contributed by atoms with Crippen LogP contribution in [-0.2, 0) is 0 Å². The summed E-state index contributed by atoms with van der Waals surface area (Å²) >= 11 is 0. The lowest BCUT2D eigenvalue weighted by Gasteiger charge is -2.22. The average Bonchev–Trinajstić information content (AvgIpc) is 3.31. The first kappa shape index (κ1) is 17.1. The SMILES string of the molecule is Cc1cc(C)c(C(=O)N2CCCC2c2nc(-c3ccccn3)no2)c(=O)[nH]1. The van der Waals surface area contributed by atoms with Gasteiger partial charge in [-0.05, 0) is 50.5 Å². The number of H-pyrrole nitrogens is 1. The van der Waals surface area contributed by atoms with Gasteiger partial charge in [0.1, 0.15) is 17.3 Å². The fourth-order valence-electron chi connectivity index (χ4n) is 3.50. The van der Waals surface area contributed by atoms with E-state index < -0.39 is 0 Å². The number of pyridine rings is 2. The minimum Gasteiger partial charge on any atom is -0.337 e. The number of hydrogen-bond acceptors (Lipinski definition) is 6. The second-order valence-electron chi connectivity index (χ2n) is 6.67. The van der Waals surface area contributed by atoms with Crippen LogP contribution in [0, 0.1) is 13.8 Å². The Labute approximate surface area is 155 Å². The Morgan fingerprint density at radius 1 is 1.33 bits per heavy atom. The number of amides is 1. The third kappa shape index (κ3) is 3.14. The number of hydrogen-bond donors (Lipinski definition) is 1. The molecule has 4 heterocycles. The molecule has 1 saturated heterocycles. The van der Waals surface area contributed by atoms with Crippen molar-refractivity contribution in [3.63, 3.8) is 0 Å². The van der Waals surface area contributed by atoms with Crippen molar-refractivity contribution in [2.75, 3.05) is 6.54 Å². The van der Waals surface area contributed by atoms with Gasteiger partial charge in [0.15, 0.2) is 0 Å². The van der Waals surface area contributed by atoms with Crippen LogP contribution in [0.5, 0.6) is 0 Å². The highest BCUT2D eigenvalue weighted by Gasteiger charge is 2.36. The van der Waals surface area contributed by atoms with E-state index >= 15 is 0 Å². The van der Waals surface area contributed by atoms with Crippen LogP contribution in [-0.4, -0.2) is 37.5 Å². The first-order valence-electron chi connectivity index (χ1n) is 8.81. The van der Waals surface area contributed by atoms with Crippen LogP contribution in [0.3, 0.4) is 0 Å². The Bertz CT molecular complexity index is 1040. The maximum Gasteiger partial charge on any atom is 0.261 e. The van der Waals surface area contributed by atoms with E-state index in [1.807, 2.05) is 12.1 Å². The molecule has 0 saturated carbocycles. The maximum absolute atomic E-state index is 13.1. The zero-order valence-electron chi connectivity index (χ0n) is 15.1. The molecule has 0 radical (unpaired) electrons. The monoisotopic (exact) mass is 365 g/mol. The summed E-state index contributed by atoms with van der Waals surface area (Å²) in [5.41, 5.74) is 1.78. The molecular weight excluding hydrogens is 346 g/mol. The highest BCUT2D eigenvalue weighted by Crippen LogP contribution is 2.33. The first-order chi connectivity index (χ1) is 13.0. The quantitative estimate of drug-likeness (QED) is 0.764. The zero-order chi connectivity index (χ0) is 19.0. The Balaban J connectivity index is 1.65. The summed E-state index contributed by atoms with van der Waals surface area (Å²) in [4.78, 5) is 38.4. The molecule has 1 N–H and O–H groups in total. The Morgan fingerprint density at radius 2 is 2.19 bits per heavy atom. The molecule has 3 aromatic rings. The molecule has 1 aliphatic rings. The summed E-state index contributed by atoms with van der Waals surface area (Å²) in [5.74, 6) is 0.436. The van der Waals surface area contributed by atoms with E-state index in [2.05, 4.69) is 20.1 Å². The van der Waals surface area contributed by atoms with E-state index in [9.17, 15) is 9.59 Å². The first-order valence-corrected chi connectivity index (χ1v) is 8.81. The second kappa shape index (κ2) is 6.79. The van der Waals surface area contributed by atoms with Gasteiger partial charge in [-0.25, -0.2) is 0 Å². The van der Waals surface area contributed by atoms with Gasteiger partial charge in [0.25, 0.3) is 11.5 Å². The van der Waals surface area contributed by atoms with Gasteiger partial charge >= 0.3 is 0 Å². The van der Waals surface area contributed by atoms with Crippen LogP contribution in [0.1, 0.15) is 46.4 Å². The number of aromatic amines is 1. The molecule has 0 aliphatic carbocycles. The van der Waals surface area contributed by atoms with Gasteiger partial charge in [-0.1, -0.05) is 11.2 Å². The number of aryl methyl sites for hydroxylation is 2. The lowest BCUT2D eigenvalue weighted by atomic mass is 10.1. The van der Waals surface area contributed by atoms with E-state index in [1.54, 1.807) is 37.1 Å². The van der Waals surface area contributed by atoms with Crippen LogP contribution >= 0.6 is 0 Å². The summed E-state index contributed by atoms with van der Waals surface area (Å²) < 4.78 is 5.42. The fraction of sp³-hybridized carbons (Fsp3) is 0.316. The van der Waals surface area contributed by atoms with Crippen LogP contribution in [0.25, 0.3) is 11.5 Å². The van der Waals surface area contributed by atoms with Crippen LogP contribution in [0.2, 0.25) is 0 Å². The number of rotatable bonds is 3. The lowest BCUT2D eigenvalue weighted by Crippen LogP contribution is -2.35. The molecule has 0 bridgehead atoms. The zero-order valence-corrected chi connectivity index (χ0v) is 15.1. The summed E-state index contributed by atoms with van der Waals surface area (Å²) in [5, 5.41) is 3.99. The van der Waals surface area contributed by atoms with Crippen LogP contribution in [0.4, 0.5) is 0 Å². The molecule has 4 rings (SSSR count). The van der Waals surface area contributed by atoms with Crippen molar-refractivity contribution in [1.29, 1.82) is 0 Å². The van der Waals surface area contributed by atoms with E-state index in [0.717, 1.165) is 12.1 Å². The molecule has 1 aliphatic heterocycles. The molecule has 8 heteroatoms. The van der Waals surface area contributed by atoms with E-state index in [-0.39, 0.29) is 23.1 Å². The molecule has 0 aromatic carbocycles. The third-order valence-corrected chi connectivity index (χ3v) is 4.71. The topological polar surface area (TPSA) is 105 Å². The fourth-order valence-corrected chi connectivity index (χ4v) is 3.50. The van der Waals surface area contributed by atoms with Crippen molar-refractivity contribution in [3.05, 3.63) is 63.5 Å². The molecule has 1 fully saturated rings. The molecule has 1 amide bonds. The summed E-state index contributed by atoms with van der Waals surface area (Å²) in [6.45, 7) is 4.10. The predicted molar refractivity (Wildman–Crippen MR) is 97.1 cm³/mol.